The Labute approximate surface area is 155 Å². The van der Waals surface area contributed by atoms with Gasteiger partial charge in [-0.2, -0.15) is 0 Å². The number of rotatable bonds is 2. The van der Waals surface area contributed by atoms with Gasteiger partial charge in [-0.1, -0.05) is 13.8 Å². The molecule has 0 saturated heterocycles. The van der Waals surface area contributed by atoms with E-state index < -0.39 is 5.41 Å². The Morgan fingerprint density at radius 3 is 2.65 bits per heavy atom. The minimum atomic E-state index is -0.559. The molecular formula is C22H30O4. The van der Waals surface area contributed by atoms with Crippen LogP contribution in [0.1, 0.15) is 70.9 Å². The molecule has 3 aliphatic carbocycles. The van der Waals surface area contributed by atoms with Crippen LogP contribution in [0.25, 0.3) is 0 Å². The summed E-state index contributed by atoms with van der Waals surface area (Å²) in [6.07, 6.45) is 9.68. The maximum absolute atomic E-state index is 12.9. The van der Waals surface area contributed by atoms with Crippen LogP contribution in [-0.2, 0) is 26.2 Å². The van der Waals surface area contributed by atoms with Crippen LogP contribution in [0.5, 0.6) is 0 Å². The van der Waals surface area contributed by atoms with Crippen molar-refractivity contribution in [3.05, 3.63) is 23.7 Å². The first-order valence-corrected chi connectivity index (χ1v) is 9.94. The average Bonchev–Trinajstić information content (AvgIpc) is 3.07. The fourth-order valence-corrected chi connectivity index (χ4v) is 6.90. The smallest absolute Gasteiger partial charge is 0.302 e. The van der Waals surface area contributed by atoms with Gasteiger partial charge in [-0.3, -0.25) is 9.59 Å². The van der Waals surface area contributed by atoms with E-state index in [-0.39, 0.29) is 35.1 Å². The largest absolute Gasteiger partial charge is 0.472 e. The minimum absolute atomic E-state index is 0.0881. The number of esters is 1. The van der Waals surface area contributed by atoms with E-state index in [4.69, 9.17) is 9.15 Å². The number of ketones is 1. The zero-order chi connectivity index (χ0) is 18.7. The molecule has 0 spiro atoms. The molecule has 0 N–H and O–H groups in total. The van der Waals surface area contributed by atoms with Crippen LogP contribution < -0.4 is 0 Å². The van der Waals surface area contributed by atoms with Gasteiger partial charge in [0.05, 0.1) is 17.9 Å². The van der Waals surface area contributed by atoms with Crippen LogP contribution in [0.2, 0.25) is 0 Å². The fraction of sp³-hybridized carbons (Fsp3) is 0.727. The quantitative estimate of drug-likeness (QED) is 0.733. The zero-order valence-electron chi connectivity index (χ0n) is 16.4. The molecule has 0 amide bonds. The molecule has 3 aliphatic rings. The molecular weight excluding hydrogens is 328 g/mol. The Morgan fingerprint density at radius 2 is 1.92 bits per heavy atom. The van der Waals surface area contributed by atoms with Crippen molar-refractivity contribution in [2.45, 2.75) is 71.6 Å². The number of carbonyl (C=O) groups is 2. The predicted molar refractivity (Wildman–Crippen MR) is 97.7 cm³/mol. The zero-order valence-corrected chi connectivity index (χ0v) is 16.4. The van der Waals surface area contributed by atoms with E-state index in [9.17, 15) is 9.59 Å². The molecule has 0 bridgehead atoms. The normalized spacial score (nSPS) is 41.8. The second-order valence-electron chi connectivity index (χ2n) is 9.54. The summed E-state index contributed by atoms with van der Waals surface area (Å²) >= 11 is 0. The van der Waals surface area contributed by atoms with Gasteiger partial charge in [0.2, 0.25) is 0 Å². The number of hydrogen-bond acceptors (Lipinski definition) is 4. The van der Waals surface area contributed by atoms with Gasteiger partial charge in [-0.25, -0.2) is 0 Å². The molecule has 4 nitrogen and oxygen atoms in total. The Balaban J connectivity index is 1.73. The van der Waals surface area contributed by atoms with E-state index in [0.717, 1.165) is 32.1 Å². The van der Waals surface area contributed by atoms with Gasteiger partial charge in [0.1, 0.15) is 12.4 Å². The number of fused-ring (bicyclic) bond motifs is 5. The second-order valence-corrected chi connectivity index (χ2v) is 9.54. The Morgan fingerprint density at radius 1 is 1.15 bits per heavy atom. The molecule has 5 atom stereocenters. The fourth-order valence-electron chi connectivity index (χ4n) is 6.90. The molecule has 1 aromatic heterocycles. The molecule has 1 aromatic rings. The topological polar surface area (TPSA) is 56.5 Å². The summed E-state index contributed by atoms with van der Waals surface area (Å²) in [4.78, 5) is 24.3. The van der Waals surface area contributed by atoms with Gasteiger partial charge < -0.3 is 9.15 Å². The molecule has 4 rings (SSSR count). The van der Waals surface area contributed by atoms with Gasteiger partial charge in [-0.15, -0.1) is 0 Å². The lowest BCUT2D eigenvalue weighted by Crippen LogP contribution is -2.61. The van der Waals surface area contributed by atoms with E-state index in [1.807, 2.05) is 19.5 Å². The molecule has 2 fully saturated rings. The highest BCUT2D eigenvalue weighted by atomic mass is 16.5. The van der Waals surface area contributed by atoms with Crippen LogP contribution in [0, 0.1) is 22.7 Å². The van der Waals surface area contributed by atoms with Gasteiger partial charge in [-0.05, 0) is 72.8 Å². The lowest BCUT2D eigenvalue weighted by molar-refractivity contribution is -0.170. The summed E-state index contributed by atoms with van der Waals surface area (Å²) in [5.41, 5.74) is 2.39. The lowest BCUT2D eigenvalue weighted by Gasteiger charge is -2.63. The van der Waals surface area contributed by atoms with Crippen molar-refractivity contribution in [2.75, 3.05) is 6.61 Å². The van der Waals surface area contributed by atoms with Crippen LogP contribution >= 0.6 is 0 Å². The van der Waals surface area contributed by atoms with Crippen molar-refractivity contribution in [1.29, 1.82) is 0 Å². The Bertz CT molecular complexity index is 749. The number of ether oxygens (including phenoxy) is 1. The molecule has 0 radical (unpaired) electrons. The first-order chi connectivity index (χ1) is 12.2. The summed E-state index contributed by atoms with van der Waals surface area (Å²) in [5, 5.41) is 0. The first-order valence-electron chi connectivity index (χ1n) is 9.94. The number of furan rings is 1. The maximum atomic E-state index is 12.9. The summed E-state index contributed by atoms with van der Waals surface area (Å²) in [5.74, 6) is 0.767. The van der Waals surface area contributed by atoms with Crippen molar-refractivity contribution in [3.63, 3.8) is 0 Å². The first kappa shape index (κ1) is 17.8. The molecule has 4 heteroatoms. The Kier molecular flexibility index (Phi) is 3.91. The third-order valence-electron chi connectivity index (χ3n) is 8.25. The second kappa shape index (κ2) is 5.71. The molecule has 0 aliphatic heterocycles. The number of Topliss-reactive ketones (excluding diaryl/α,β-unsaturated/α-hetero) is 1. The highest BCUT2D eigenvalue weighted by Crippen LogP contribution is 2.66. The van der Waals surface area contributed by atoms with Gasteiger partial charge in [0.15, 0.2) is 0 Å². The molecule has 142 valence electrons. The molecule has 2 saturated carbocycles. The van der Waals surface area contributed by atoms with Crippen molar-refractivity contribution in [3.8, 4) is 0 Å². The van der Waals surface area contributed by atoms with Crippen LogP contribution in [0.15, 0.2) is 16.9 Å². The maximum Gasteiger partial charge on any atom is 0.302 e. The van der Waals surface area contributed by atoms with Crippen molar-refractivity contribution >= 4 is 11.8 Å². The average molecular weight is 358 g/mol. The van der Waals surface area contributed by atoms with Gasteiger partial charge >= 0.3 is 5.97 Å². The predicted octanol–water partition coefficient (Wildman–Crippen LogP) is 4.45. The summed E-state index contributed by atoms with van der Waals surface area (Å²) in [7, 11) is 0. The minimum Gasteiger partial charge on any atom is -0.472 e. The third kappa shape index (κ3) is 2.26. The lowest BCUT2D eigenvalue weighted by atomic mass is 9.40. The summed E-state index contributed by atoms with van der Waals surface area (Å²) < 4.78 is 10.9. The SMILES string of the molecule is CC(=O)OC[C@@]1(C)C(=O)CC[C@@]2(C)[C@H]1CC[C@@]1(C)c3cocc3CC[C@H]21. The van der Waals surface area contributed by atoms with Crippen LogP contribution in [-0.4, -0.2) is 18.4 Å². The highest BCUT2D eigenvalue weighted by Gasteiger charge is 2.63. The summed E-state index contributed by atoms with van der Waals surface area (Å²) in [6.45, 7) is 8.47. The van der Waals surface area contributed by atoms with E-state index in [1.54, 1.807) is 0 Å². The molecule has 0 unspecified atom stereocenters. The van der Waals surface area contributed by atoms with Crippen molar-refractivity contribution < 1.29 is 18.7 Å². The number of hydrogen-bond donors (Lipinski definition) is 0. The van der Waals surface area contributed by atoms with Crippen molar-refractivity contribution in [1.82, 2.24) is 0 Å². The monoisotopic (exact) mass is 358 g/mol. The summed E-state index contributed by atoms with van der Waals surface area (Å²) in [6, 6.07) is 0. The Hall–Kier alpha value is -1.58. The van der Waals surface area contributed by atoms with E-state index >= 15 is 0 Å². The molecule has 0 aromatic carbocycles. The van der Waals surface area contributed by atoms with E-state index in [2.05, 4.69) is 13.8 Å². The van der Waals surface area contributed by atoms with Crippen LogP contribution in [0.4, 0.5) is 0 Å². The van der Waals surface area contributed by atoms with Crippen LogP contribution in [0.3, 0.4) is 0 Å². The third-order valence-corrected chi connectivity index (χ3v) is 8.25. The van der Waals surface area contributed by atoms with E-state index in [1.165, 1.54) is 18.1 Å². The highest BCUT2D eigenvalue weighted by molar-refractivity contribution is 5.86. The van der Waals surface area contributed by atoms with Crippen molar-refractivity contribution in [2.24, 2.45) is 22.7 Å². The van der Waals surface area contributed by atoms with Gasteiger partial charge in [0, 0.05) is 13.3 Å². The van der Waals surface area contributed by atoms with E-state index in [0.29, 0.717) is 12.3 Å². The molecule has 1 heterocycles. The number of carbonyl (C=O) groups excluding carboxylic acids is 2. The number of aryl methyl sites for hydroxylation is 1. The standard InChI is InChI=1S/C22H30O4/c1-14(23)26-13-22(4)18-7-9-20(2)16-12-25-11-15(16)5-6-17(20)21(18,3)10-8-19(22)24/h11-12,17-18H,5-10,13H2,1-4H3/t17-,18+,20-,21+,22+/m0/s1. The molecule has 26 heavy (non-hydrogen) atoms. The van der Waals surface area contributed by atoms with Gasteiger partial charge in [0.25, 0.3) is 0 Å².